The highest BCUT2D eigenvalue weighted by atomic mass is 19.1. The van der Waals surface area contributed by atoms with Crippen LogP contribution in [0.15, 0.2) is 18.2 Å². The first-order chi connectivity index (χ1) is 14.8. The number of nitrogens with zero attached hydrogens (tertiary/aromatic N) is 5. The van der Waals surface area contributed by atoms with Crippen LogP contribution in [0.1, 0.15) is 19.8 Å². The molecule has 1 aromatic rings. The quantitative estimate of drug-likeness (QED) is 0.519. The molecule has 2 heterocycles. The fraction of sp³-hybridized carbons (Fsp3) is 0.714. The van der Waals surface area contributed by atoms with Crippen LogP contribution in [0, 0.1) is 5.82 Å². The summed E-state index contributed by atoms with van der Waals surface area (Å²) in [6.07, 6.45) is 0.458. The fourth-order valence-corrected chi connectivity index (χ4v) is 4.68. The minimum atomic E-state index is -0.673. The highest BCUT2D eigenvalue weighted by molar-refractivity contribution is 5.54. The first-order valence-electron chi connectivity index (χ1n) is 11.1. The van der Waals surface area contributed by atoms with Crippen LogP contribution in [0.25, 0.3) is 0 Å². The number of anilines is 1. The van der Waals surface area contributed by atoms with Crippen molar-refractivity contribution in [3.63, 3.8) is 0 Å². The van der Waals surface area contributed by atoms with E-state index in [4.69, 9.17) is 21.9 Å². The Bertz CT molecular complexity index is 723. The number of methoxy groups -OCH3 is 1. The lowest BCUT2D eigenvalue weighted by Gasteiger charge is -2.55. The minimum Gasteiger partial charge on any atom is -0.494 e. The van der Waals surface area contributed by atoms with Crippen LogP contribution in [0.4, 0.5) is 10.1 Å². The van der Waals surface area contributed by atoms with Gasteiger partial charge >= 0.3 is 0 Å². The second kappa shape index (κ2) is 10.4. The highest BCUT2D eigenvalue weighted by Gasteiger charge is 2.44. The Morgan fingerprint density at radius 2 is 1.84 bits per heavy atom. The van der Waals surface area contributed by atoms with Crippen LogP contribution >= 0.6 is 0 Å². The van der Waals surface area contributed by atoms with Crippen LogP contribution in [-0.4, -0.2) is 98.4 Å². The van der Waals surface area contributed by atoms with Gasteiger partial charge in [0, 0.05) is 25.7 Å². The molecule has 3 rings (SSSR count). The Balaban J connectivity index is 1.95. The van der Waals surface area contributed by atoms with Gasteiger partial charge in [-0.05, 0) is 52.2 Å². The molecule has 0 aromatic heterocycles. The number of nitrogens with two attached hydrogens (primary N) is 3. The van der Waals surface area contributed by atoms with Crippen molar-refractivity contribution in [2.75, 3.05) is 58.8 Å². The van der Waals surface area contributed by atoms with Crippen molar-refractivity contribution in [1.29, 1.82) is 0 Å². The summed E-state index contributed by atoms with van der Waals surface area (Å²) in [5, 5.41) is 0. The maximum absolute atomic E-state index is 15.2. The van der Waals surface area contributed by atoms with Gasteiger partial charge in [-0.3, -0.25) is 16.4 Å². The molecule has 0 bridgehead atoms. The van der Waals surface area contributed by atoms with E-state index >= 15 is 4.39 Å². The van der Waals surface area contributed by atoms with Crippen molar-refractivity contribution < 1.29 is 9.13 Å². The van der Waals surface area contributed by atoms with Gasteiger partial charge in [-0.15, -0.1) is 0 Å². The van der Waals surface area contributed by atoms with Gasteiger partial charge in [0.05, 0.1) is 12.8 Å². The average molecular weight is 439 g/mol. The van der Waals surface area contributed by atoms with Crippen molar-refractivity contribution in [1.82, 2.24) is 19.6 Å². The minimum absolute atomic E-state index is 0.158. The standard InChI is InChI=1S/C21H39FN8O/c1-5-27-11-7-8-15(27)14-29-19(23)28(13-12-26(2)3)20(24)30(21(29)25)16-9-6-10-17(31-4)18(16)22/h6,9-10,15,19-21H,5,7-8,11-14,23-25H2,1-4H3. The number of halogens is 1. The van der Waals surface area contributed by atoms with Gasteiger partial charge < -0.3 is 20.3 Å². The number of likely N-dealkylation sites (tertiary alicyclic amines) is 1. The molecule has 31 heavy (non-hydrogen) atoms. The van der Waals surface area contributed by atoms with Crippen LogP contribution < -0.4 is 26.8 Å². The van der Waals surface area contributed by atoms with Crippen molar-refractivity contribution in [2.24, 2.45) is 17.2 Å². The number of ether oxygens (including phenoxy) is 1. The number of rotatable bonds is 8. The van der Waals surface area contributed by atoms with E-state index in [2.05, 4.69) is 16.7 Å². The molecule has 0 saturated carbocycles. The number of benzene rings is 1. The molecule has 2 fully saturated rings. The summed E-state index contributed by atoms with van der Waals surface area (Å²) in [7, 11) is 5.45. The van der Waals surface area contributed by atoms with Gasteiger partial charge in [-0.25, -0.2) is 14.2 Å². The summed E-state index contributed by atoms with van der Waals surface area (Å²) >= 11 is 0. The Hall–Kier alpha value is -1.53. The van der Waals surface area contributed by atoms with E-state index in [-0.39, 0.29) is 5.75 Å². The van der Waals surface area contributed by atoms with Gasteiger partial charge in [0.15, 0.2) is 11.6 Å². The first-order valence-corrected chi connectivity index (χ1v) is 11.1. The molecule has 9 nitrogen and oxygen atoms in total. The molecule has 0 spiro atoms. The van der Waals surface area contributed by atoms with Gasteiger partial charge in [0.2, 0.25) is 0 Å². The summed E-state index contributed by atoms with van der Waals surface area (Å²) in [5.74, 6) is -0.318. The van der Waals surface area contributed by atoms with Crippen LogP contribution in [0.3, 0.4) is 0 Å². The Morgan fingerprint density at radius 1 is 1.13 bits per heavy atom. The topological polar surface area (TPSA) is 103 Å². The second-order valence-corrected chi connectivity index (χ2v) is 8.60. The number of likely N-dealkylation sites (N-methyl/N-ethyl adjacent to an activating group) is 2. The summed E-state index contributed by atoms with van der Waals surface area (Å²) in [6.45, 7) is 6.33. The SMILES string of the molecule is CCN1CCCC1CN1C(N)N(CCN(C)C)C(N)N(c2cccc(OC)c2F)C1N. The molecule has 4 atom stereocenters. The smallest absolute Gasteiger partial charge is 0.188 e. The zero-order valence-electron chi connectivity index (χ0n) is 19.2. The predicted molar refractivity (Wildman–Crippen MR) is 122 cm³/mol. The molecule has 0 aliphatic carbocycles. The molecular formula is C21H39FN8O. The second-order valence-electron chi connectivity index (χ2n) is 8.60. The van der Waals surface area contributed by atoms with Crippen molar-refractivity contribution in [3.05, 3.63) is 24.0 Å². The summed E-state index contributed by atoms with van der Waals surface area (Å²) in [6, 6.07) is 5.38. The zero-order valence-corrected chi connectivity index (χ0v) is 19.2. The zero-order chi connectivity index (χ0) is 22.7. The number of hydrogen-bond acceptors (Lipinski definition) is 9. The third kappa shape index (κ3) is 4.95. The van der Waals surface area contributed by atoms with Gasteiger partial charge in [0.25, 0.3) is 0 Å². The number of hydrogen-bond donors (Lipinski definition) is 3. The summed E-state index contributed by atoms with van der Waals surface area (Å²) in [5.41, 5.74) is 20.4. The van der Waals surface area contributed by atoms with E-state index in [1.165, 1.54) is 7.11 Å². The van der Waals surface area contributed by atoms with E-state index < -0.39 is 24.7 Å². The molecule has 1 aromatic carbocycles. The van der Waals surface area contributed by atoms with Crippen molar-refractivity contribution in [3.8, 4) is 5.75 Å². The van der Waals surface area contributed by atoms with Gasteiger partial charge in [-0.1, -0.05) is 13.0 Å². The lowest BCUT2D eigenvalue weighted by Crippen LogP contribution is -2.79. The van der Waals surface area contributed by atoms with Gasteiger partial charge in [-0.2, -0.15) is 0 Å². The van der Waals surface area contributed by atoms with E-state index in [0.717, 1.165) is 32.5 Å². The molecule has 2 aliphatic rings. The summed E-state index contributed by atoms with van der Waals surface area (Å²) < 4.78 is 20.4. The maximum Gasteiger partial charge on any atom is 0.188 e. The van der Waals surface area contributed by atoms with Crippen LogP contribution in [0.5, 0.6) is 5.75 Å². The van der Waals surface area contributed by atoms with Crippen LogP contribution in [0.2, 0.25) is 0 Å². The first kappa shape index (κ1) is 24.1. The average Bonchev–Trinajstić information content (AvgIpc) is 3.19. The van der Waals surface area contributed by atoms with Crippen molar-refractivity contribution in [2.45, 2.75) is 44.7 Å². The third-order valence-corrected chi connectivity index (χ3v) is 6.50. The lowest BCUT2D eigenvalue weighted by molar-refractivity contribution is -0.0696. The predicted octanol–water partition coefficient (Wildman–Crippen LogP) is 0.0311. The molecule has 4 unspecified atom stereocenters. The van der Waals surface area contributed by atoms with E-state index in [9.17, 15) is 0 Å². The molecular weight excluding hydrogens is 399 g/mol. The molecule has 2 aliphatic heterocycles. The highest BCUT2D eigenvalue weighted by Crippen LogP contribution is 2.33. The molecule has 0 amide bonds. The Labute approximate surface area is 185 Å². The maximum atomic E-state index is 15.2. The van der Waals surface area contributed by atoms with Crippen LogP contribution in [-0.2, 0) is 0 Å². The normalized spacial score (nSPS) is 28.6. The monoisotopic (exact) mass is 438 g/mol. The fourth-order valence-electron chi connectivity index (χ4n) is 4.68. The molecule has 10 heteroatoms. The molecule has 6 N–H and O–H groups in total. The van der Waals surface area contributed by atoms with E-state index in [1.807, 2.05) is 23.9 Å². The molecule has 0 radical (unpaired) electrons. The lowest BCUT2D eigenvalue weighted by atomic mass is 10.1. The molecule has 176 valence electrons. The largest absolute Gasteiger partial charge is 0.494 e. The Kier molecular flexibility index (Phi) is 8.08. The van der Waals surface area contributed by atoms with Crippen molar-refractivity contribution >= 4 is 5.69 Å². The van der Waals surface area contributed by atoms with E-state index in [0.29, 0.717) is 24.8 Å². The third-order valence-electron chi connectivity index (χ3n) is 6.50. The van der Waals surface area contributed by atoms with E-state index in [1.54, 1.807) is 23.1 Å². The molecule has 2 saturated heterocycles. The van der Waals surface area contributed by atoms with Gasteiger partial charge in [0.1, 0.15) is 18.9 Å². The Morgan fingerprint density at radius 3 is 2.48 bits per heavy atom. The summed E-state index contributed by atoms with van der Waals surface area (Å²) in [4.78, 5) is 10.3.